The number of nitrogens with one attached hydrogen (secondary N) is 4. The van der Waals surface area contributed by atoms with Crippen LogP contribution in [-0.4, -0.2) is 55.1 Å². The van der Waals surface area contributed by atoms with Gasteiger partial charge in [0.15, 0.2) is 5.96 Å². The van der Waals surface area contributed by atoms with Crippen LogP contribution < -0.4 is 21.3 Å². The number of phenols is 1. The average molecular weight is 578 g/mol. The summed E-state index contributed by atoms with van der Waals surface area (Å²) in [5, 5.41) is 21.3. The lowest BCUT2D eigenvalue weighted by Crippen LogP contribution is -2.39. The van der Waals surface area contributed by atoms with Gasteiger partial charge in [0.2, 0.25) is 5.91 Å². The van der Waals surface area contributed by atoms with Crippen molar-refractivity contribution in [3.8, 4) is 5.75 Å². The summed E-state index contributed by atoms with van der Waals surface area (Å²) in [6.45, 7) is 4.86. The summed E-state index contributed by atoms with van der Waals surface area (Å²) >= 11 is 3.20. The number of halogens is 2. The van der Waals surface area contributed by atoms with Crippen LogP contribution in [0, 0.1) is 11.7 Å². The largest absolute Gasteiger partial charge is 0.508 e. The third-order valence-corrected chi connectivity index (χ3v) is 5.79. The number of ether oxygens (including phenoxy) is 1. The van der Waals surface area contributed by atoms with Gasteiger partial charge in [0.25, 0.3) is 5.91 Å². The highest BCUT2D eigenvalue weighted by Gasteiger charge is 2.21. The van der Waals surface area contributed by atoms with Gasteiger partial charge in [0.1, 0.15) is 11.6 Å². The number of esters is 1. The van der Waals surface area contributed by atoms with Crippen molar-refractivity contribution in [2.24, 2.45) is 10.9 Å². The predicted molar refractivity (Wildman–Crippen MR) is 140 cm³/mol. The third kappa shape index (κ3) is 8.74. The van der Waals surface area contributed by atoms with Crippen molar-refractivity contribution in [2.75, 3.05) is 31.6 Å². The molecule has 0 bridgehead atoms. The zero-order chi connectivity index (χ0) is 26.9. The van der Waals surface area contributed by atoms with Crippen LogP contribution in [0.1, 0.15) is 42.2 Å². The first-order chi connectivity index (χ1) is 17.6. The molecule has 1 unspecified atom stereocenters. The quantitative estimate of drug-likeness (QED) is 0.288. The molecule has 0 saturated carbocycles. The topological polar surface area (TPSA) is 141 Å². The van der Waals surface area contributed by atoms with Crippen LogP contribution in [0.2, 0.25) is 0 Å². The Labute approximate surface area is 222 Å². The number of carbonyl (C=O) groups is 3. The Bertz CT molecular complexity index is 1170. The van der Waals surface area contributed by atoms with Gasteiger partial charge in [0.05, 0.1) is 25.6 Å². The van der Waals surface area contributed by atoms with E-state index in [-0.39, 0.29) is 24.3 Å². The number of nitrogens with zero attached hydrogens (tertiary/aromatic N) is 1. The number of guanidine groups is 1. The van der Waals surface area contributed by atoms with Crippen LogP contribution in [0.5, 0.6) is 5.75 Å². The standard InChI is InChI=1S/C25H29BrFN5O5/c1-3-37-23(35)10-21(15-4-17(26)8-18(27)5-15)32-22(34)13-28-24(36)16-6-19(9-20(33)7-16)31-25-29-11-14(2)12-30-25/h4-9,14,21,33H,3,10-13H2,1-2H3,(H,28,36)(H,32,34)(H2,29,30,31)/t21-/m0/s1. The van der Waals surface area contributed by atoms with E-state index in [1.165, 1.54) is 30.3 Å². The zero-order valence-corrected chi connectivity index (χ0v) is 22.0. The fourth-order valence-electron chi connectivity index (χ4n) is 3.60. The Morgan fingerprint density at radius 1 is 1.24 bits per heavy atom. The molecule has 2 amide bonds. The Morgan fingerprint density at radius 2 is 2.03 bits per heavy atom. The summed E-state index contributed by atoms with van der Waals surface area (Å²) < 4.78 is 19.3. The number of aromatic hydroxyl groups is 1. The minimum Gasteiger partial charge on any atom is -0.508 e. The van der Waals surface area contributed by atoms with E-state index in [1.807, 2.05) is 0 Å². The molecule has 1 heterocycles. The number of rotatable bonds is 9. The van der Waals surface area contributed by atoms with Crippen LogP contribution >= 0.6 is 15.9 Å². The molecule has 0 radical (unpaired) electrons. The van der Waals surface area contributed by atoms with E-state index in [1.54, 1.807) is 13.0 Å². The minimum absolute atomic E-state index is 0.122. The van der Waals surface area contributed by atoms with Gasteiger partial charge >= 0.3 is 5.97 Å². The number of hydrogen-bond acceptors (Lipinski definition) is 8. The van der Waals surface area contributed by atoms with E-state index in [0.29, 0.717) is 34.1 Å². The molecule has 198 valence electrons. The van der Waals surface area contributed by atoms with Gasteiger partial charge in [-0.3, -0.25) is 19.4 Å². The first-order valence-electron chi connectivity index (χ1n) is 11.7. The lowest BCUT2D eigenvalue weighted by atomic mass is 10.0. The summed E-state index contributed by atoms with van der Waals surface area (Å²) in [6.07, 6.45) is -0.221. The van der Waals surface area contributed by atoms with Crippen LogP contribution in [0.25, 0.3) is 0 Å². The molecule has 0 fully saturated rings. The molecule has 3 rings (SSSR count). The maximum absolute atomic E-state index is 13.9. The second-order valence-corrected chi connectivity index (χ2v) is 9.50. The highest BCUT2D eigenvalue weighted by Crippen LogP contribution is 2.24. The van der Waals surface area contributed by atoms with Crippen molar-refractivity contribution < 1.29 is 28.6 Å². The molecular weight excluding hydrogens is 549 g/mol. The van der Waals surface area contributed by atoms with Gasteiger partial charge in [-0.1, -0.05) is 22.9 Å². The van der Waals surface area contributed by atoms with Crippen molar-refractivity contribution >= 4 is 45.4 Å². The molecule has 2 aromatic rings. The van der Waals surface area contributed by atoms with Gasteiger partial charge in [-0.2, -0.15) is 0 Å². The number of aliphatic imine (C=N–C) groups is 1. The fourth-order valence-corrected chi connectivity index (χ4v) is 4.08. The zero-order valence-electron chi connectivity index (χ0n) is 20.4. The Hall–Kier alpha value is -3.67. The summed E-state index contributed by atoms with van der Waals surface area (Å²) in [7, 11) is 0. The lowest BCUT2D eigenvalue weighted by molar-refractivity contribution is -0.143. The first kappa shape index (κ1) is 27.9. The number of carbonyl (C=O) groups excluding carboxylic acids is 3. The van der Waals surface area contributed by atoms with Crippen LogP contribution in [0.15, 0.2) is 45.9 Å². The summed E-state index contributed by atoms with van der Waals surface area (Å²) in [5.41, 5.74) is 0.927. The predicted octanol–water partition coefficient (Wildman–Crippen LogP) is 2.84. The van der Waals surface area contributed by atoms with E-state index < -0.39 is 36.2 Å². The van der Waals surface area contributed by atoms with Crippen molar-refractivity contribution in [2.45, 2.75) is 26.3 Å². The number of amides is 2. The molecule has 5 N–H and O–H groups in total. The van der Waals surface area contributed by atoms with Crippen molar-refractivity contribution in [3.63, 3.8) is 0 Å². The van der Waals surface area contributed by atoms with Gasteiger partial charge in [0, 0.05) is 34.9 Å². The molecule has 0 aliphatic carbocycles. The molecule has 1 aliphatic rings. The molecular formula is C25H29BrFN5O5. The Kier molecular flexibility index (Phi) is 9.84. The van der Waals surface area contributed by atoms with Gasteiger partial charge < -0.3 is 31.1 Å². The SMILES string of the molecule is CCOC(=O)C[C@H](NC(=O)CNC(=O)c1cc(O)cc(NC2=NCC(C)CN2)c1)c1cc(F)cc(Br)c1. The number of benzene rings is 2. The van der Waals surface area contributed by atoms with Crippen molar-refractivity contribution in [1.29, 1.82) is 0 Å². The number of hydrogen-bond donors (Lipinski definition) is 5. The molecule has 12 heteroatoms. The van der Waals surface area contributed by atoms with E-state index >= 15 is 0 Å². The molecule has 0 aromatic heterocycles. The molecule has 10 nitrogen and oxygen atoms in total. The van der Waals surface area contributed by atoms with Crippen molar-refractivity contribution in [3.05, 3.63) is 57.8 Å². The maximum Gasteiger partial charge on any atom is 0.308 e. The summed E-state index contributed by atoms with van der Waals surface area (Å²) in [4.78, 5) is 41.7. The molecule has 1 aliphatic heterocycles. The van der Waals surface area contributed by atoms with Crippen LogP contribution in [0.4, 0.5) is 10.1 Å². The second-order valence-electron chi connectivity index (χ2n) is 8.58. The lowest BCUT2D eigenvalue weighted by Gasteiger charge is -2.21. The van der Waals surface area contributed by atoms with E-state index in [2.05, 4.69) is 49.1 Å². The fraction of sp³-hybridized carbons (Fsp3) is 0.360. The molecule has 2 atom stereocenters. The van der Waals surface area contributed by atoms with E-state index in [4.69, 9.17) is 4.74 Å². The highest BCUT2D eigenvalue weighted by molar-refractivity contribution is 9.10. The van der Waals surface area contributed by atoms with Gasteiger partial charge in [-0.25, -0.2) is 4.39 Å². The Balaban J connectivity index is 1.64. The smallest absolute Gasteiger partial charge is 0.308 e. The van der Waals surface area contributed by atoms with E-state index in [0.717, 1.165) is 6.54 Å². The first-order valence-corrected chi connectivity index (χ1v) is 12.5. The minimum atomic E-state index is -0.876. The second kappa shape index (κ2) is 13.0. The van der Waals surface area contributed by atoms with E-state index in [9.17, 15) is 23.9 Å². The van der Waals surface area contributed by atoms with Gasteiger partial charge in [-0.05, 0) is 48.7 Å². The molecule has 0 spiro atoms. The molecule has 2 aromatic carbocycles. The highest BCUT2D eigenvalue weighted by atomic mass is 79.9. The summed E-state index contributed by atoms with van der Waals surface area (Å²) in [6, 6.07) is 7.40. The third-order valence-electron chi connectivity index (χ3n) is 5.33. The average Bonchev–Trinajstić information content (AvgIpc) is 2.83. The van der Waals surface area contributed by atoms with Crippen molar-refractivity contribution in [1.82, 2.24) is 16.0 Å². The normalized spacial score (nSPS) is 15.6. The number of anilines is 1. The van der Waals surface area contributed by atoms with Crippen LogP contribution in [0.3, 0.4) is 0 Å². The molecule has 0 saturated heterocycles. The molecule has 37 heavy (non-hydrogen) atoms. The van der Waals surface area contributed by atoms with Gasteiger partial charge in [-0.15, -0.1) is 0 Å². The maximum atomic E-state index is 13.9. The van der Waals surface area contributed by atoms with Crippen LogP contribution in [-0.2, 0) is 14.3 Å². The monoisotopic (exact) mass is 577 g/mol. The Morgan fingerprint density at radius 3 is 2.70 bits per heavy atom. The number of phenolic OH excluding ortho intramolecular Hbond substituents is 1. The summed E-state index contributed by atoms with van der Waals surface area (Å²) in [5.74, 6) is -1.52.